The maximum atomic E-state index is 4.47. The lowest BCUT2D eigenvalue weighted by atomic mass is 10.1. The molecule has 2 heterocycles. The lowest BCUT2D eigenvalue weighted by molar-refractivity contribution is 0.238. The summed E-state index contributed by atoms with van der Waals surface area (Å²) in [5, 5.41) is 3.53. The van der Waals surface area contributed by atoms with Crippen LogP contribution in [0.25, 0.3) is 0 Å². The molecule has 0 spiro atoms. The Morgan fingerprint density at radius 1 is 1.71 bits per heavy atom. The predicted molar refractivity (Wildman–Crippen MR) is 59.7 cm³/mol. The first kappa shape index (κ1) is 10.1. The van der Waals surface area contributed by atoms with E-state index in [0.717, 1.165) is 26.1 Å². The molecule has 1 aromatic heterocycles. The van der Waals surface area contributed by atoms with E-state index >= 15 is 0 Å². The molecule has 0 bridgehead atoms. The smallest absolute Gasteiger partial charge is 0.0798 e. The number of hydrogen-bond acceptors (Lipinski definition) is 4. The summed E-state index contributed by atoms with van der Waals surface area (Å²) in [5.41, 5.74) is 3.23. The molecule has 1 fully saturated rings. The SMILES string of the molecule is CCc1scnc1C1CN(C)CCN1. The summed E-state index contributed by atoms with van der Waals surface area (Å²) in [4.78, 5) is 8.26. The van der Waals surface area contributed by atoms with E-state index in [4.69, 9.17) is 0 Å². The van der Waals surface area contributed by atoms with Crippen molar-refractivity contribution in [3.63, 3.8) is 0 Å². The van der Waals surface area contributed by atoms with Crippen molar-refractivity contribution in [2.24, 2.45) is 0 Å². The van der Waals surface area contributed by atoms with Crippen molar-refractivity contribution in [1.29, 1.82) is 0 Å². The molecule has 4 heteroatoms. The molecule has 1 aromatic rings. The van der Waals surface area contributed by atoms with Gasteiger partial charge in [-0.15, -0.1) is 11.3 Å². The number of rotatable bonds is 2. The van der Waals surface area contributed by atoms with Gasteiger partial charge in [-0.05, 0) is 13.5 Å². The second-order valence-corrected chi connectivity index (χ2v) is 4.72. The lowest BCUT2D eigenvalue weighted by Gasteiger charge is -2.30. The molecular formula is C10H17N3S. The largest absolute Gasteiger partial charge is 0.306 e. The number of aryl methyl sites for hydroxylation is 1. The first-order chi connectivity index (χ1) is 6.81. The molecule has 1 atom stereocenters. The number of thiazole rings is 1. The zero-order valence-electron chi connectivity index (χ0n) is 8.79. The van der Waals surface area contributed by atoms with Gasteiger partial charge in [-0.25, -0.2) is 4.98 Å². The topological polar surface area (TPSA) is 28.2 Å². The number of aromatic nitrogens is 1. The third-order valence-corrected chi connectivity index (χ3v) is 3.70. The van der Waals surface area contributed by atoms with E-state index in [1.54, 1.807) is 11.3 Å². The molecule has 0 saturated carbocycles. The van der Waals surface area contributed by atoms with Crippen LogP contribution in [0, 0.1) is 0 Å². The van der Waals surface area contributed by atoms with E-state index in [2.05, 4.69) is 29.2 Å². The molecule has 78 valence electrons. The minimum absolute atomic E-state index is 0.440. The number of piperazine rings is 1. The zero-order valence-corrected chi connectivity index (χ0v) is 9.60. The van der Waals surface area contributed by atoms with Gasteiger partial charge in [-0.2, -0.15) is 0 Å². The molecule has 0 radical (unpaired) electrons. The molecule has 1 aliphatic rings. The molecule has 3 nitrogen and oxygen atoms in total. The highest BCUT2D eigenvalue weighted by Gasteiger charge is 2.21. The van der Waals surface area contributed by atoms with Crippen LogP contribution in [0.4, 0.5) is 0 Å². The van der Waals surface area contributed by atoms with Gasteiger partial charge < -0.3 is 10.2 Å². The van der Waals surface area contributed by atoms with E-state index < -0.39 is 0 Å². The summed E-state index contributed by atoms with van der Waals surface area (Å²) in [5.74, 6) is 0. The predicted octanol–water partition coefficient (Wildman–Crippen LogP) is 1.28. The van der Waals surface area contributed by atoms with Crippen molar-refractivity contribution in [3.05, 3.63) is 16.1 Å². The molecule has 1 saturated heterocycles. The highest BCUT2D eigenvalue weighted by Crippen LogP contribution is 2.22. The quantitative estimate of drug-likeness (QED) is 0.799. The highest BCUT2D eigenvalue weighted by molar-refractivity contribution is 7.09. The second kappa shape index (κ2) is 4.38. The summed E-state index contributed by atoms with van der Waals surface area (Å²) in [7, 11) is 2.17. The molecule has 1 unspecified atom stereocenters. The maximum Gasteiger partial charge on any atom is 0.0798 e. The summed E-state index contributed by atoms with van der Waals surface area (Å²) in [6.45, 7) is 5.49. The normalized spacial score (nSPS) is 24.0. The van der Waals surface area contributed by atoms with Gasteiger partial charge >= 0.3 is 0 Å². The van der Waals surface area contributed by atoms with E-state index in [-0.39, 0.29) is 0 Å². The fourth-order valence-corrected chi connectivity index (χ4v) is 2.68. The van der Waals surface area contributed by atoms with Crippen molar-refractivity contribution < 1.29 is 0 Å². The lowest BCUT2D eigenvalue weighted by Crippen LogP contribution is -2.44. The van der Waals surface area contributed by atoms with Gasteiger partial charge in [0.15, 0.2) is 0 Å². The Balaban J connectivity index is 2.13. The van der Waals surface area contributed by atoms with E-state index in [1.165, 1.54) is 10.6 Å². The summed E-state index contributed by atoms with van der Waals surface area (Å²) < 4.78 is 0. The summed E-state index contributed by atoms with van der Waals surface area (Å²) in [6, 6.07) is 0.440. The van der Waals surface area contributed by atoms with Crippen LogP contribution in [0.2, 0.25) is 0 Å². The standard InChI is InChI=1S/C10H17N3S/c1-3-9-10(12-7-14-9)8-6-13(2)5-4-11-8/h7-8,11H,3-6H2,1-2H3. The van der Waals surface area contributed by atoms with Crippen LogP contribution in [-0.2, 0) is 6.42 Å². The first-order valence-corrected chi connectivity index (χ1v) is 6.03. The minimum Gasteiger partial charge on any atom is -0.306 e. The number of hydrogen-bond donors (Lipinski definition) is 1. The van der Waals surface area contributed by atoms with Crippen molar-refractivity contribution in [2.45, 2.75) is 19.4 Å². The Bertz CT molecular complexity index is 297. The van der Waals surface area contributed by atoms with E-state index in [1.807, 2.05) is 5.51 Å². The Hall–Kier alpha value is -0.450. The Morgan fingerprint density at radius 2 is 2.57 bits per heavy atom. The van der Waals surface area contributed by atoms with Crippen molar-refractivity contribution in [3.8, 4) is 0 Å². The van der Waals surface area contributed by atoms with E-state index in [0.29, 0.717) is 6.04 Å². The van der Waals surface area contributed by atoms with Gasteiger partial charge in [-0.1, -0.05) is 6.92 Å². The second-order valence-electron chi connectivity index (χ2n) is 3.78. The highest BCUT2D eigenvalue weighted by atomic mass is 32.1. The monoisotopic (exact) mass is 211 g/mol. The zero-order chi connectivity index (χ0) is 9.97. The first-order valence-electron chi connectivity index (χ1n) is 5.15. The van der Waals surface area contributed by atoms with Crippen LogP contribution < -0.4 is 5.32 Å². The molecule has 1 aliphatic heterocycles. The summed E-state index contributed by atoms with van der Waals surface area (Å²) >= 11 is 1.77. The maximum absolute atomic E-state index is 4.47. The number of nitrogens with zero attached hydrogens (tertiary/aromatic N) is 2. The van der Waals surface area contributed by atoms with Crippen molar-refractivity contribution >= 4 is 11.3 Å². The average molecular weight is 211 g/mol. The molecule has 0 aromatic carbocycles. The minimum atomic E-state index is 0.440. The van der Waals surface area contributed by atoms with Crippen LogP contribution in [0.1, 0.15) is 23.5 Å². The van der Waals surface area contributed by atoms with Gasteiger partial charge in [0.1, 0.15) is 0 Å². The van der Waals surface area contributed by atoms with Crippen LogP contribution in [0.15, 0.2) is 5.51 Å². The van der Waals surface area contributed by atoms with Crippen LogP contribution >= 0.6 is 11.3 Å². The molecule has 14 heavy (non-hydrogen) atoms. The Labute approximate surface area is 89.1 Å². The van der Waals surface area contributed by atoms with Crippen LogP contribution in [-0.4, -0.2) is 36.6 Å². The Kier molecular flexibility index (Phi) is 3.15. The molecular weight excluding hydrogens is 194 g/mol. The number of likely N-dealkylation sites (N-methyl/N-ethyl adjacent to an activating group) is 1. The number of nitrogens with one attached hydrogen (secondary N) is 1. The third-order valence-electron chi connectivity index (χ3n) is 2.70. The van der Waals surface area contributed by atoms with Gasteiger partial charge in [0.2, 0.25) is 0 Å². The van der Waals surface area contributed by atoms with E-state index in [9.17, 15) is 0 Å². The molecule has 1 N–H and O–H groups in total. The molecule has 0 aliphatic carbocycles. The van der Waals surface area contributed by atoms with Gasteiger partial charge in [0, 0.05) is 24.5 Å². The van der Waals surface area contributed by atoms with Crippen LogP contribution in [0.5, 0.6) is 0 Å². The van der Waals surface area contributed by atoms with Gasteiger partial charge in [-0.3, -0.25) is 0 Å². The van der Waals surface area contributed by atoms with Crippen molar-refractivity contribution in [2.75, 3.05) is 26.7 Å². The van der Waals surface area contributed by atoms with Gasteiger partial charge in [0.05, 0.1) is 17.2 Å². The molecule has 0 amide bonds. The fourth-order valence-electron chi connectivity index (χ4n) is 1.91. The molecule has 2 rings (SSSR count). The Morgan fingerprint density at radius 3 is 3.29 bits per heavy atom. The fraction of sp³-hybridized carbons (Fsp3) is 0.700. The average Bonchev–Trinajstić information content (AvgIpc) is 2.65. The summed E-state index contributed by atoms with van der Waals surface area (Å²) in [6.07, 6.45) is 1.10. The van der Waals surface area contributed by atoms with Crippen molar-refractivity contribution in [1.82, 2.24) is 15.2 Å². The third kappa shape index (κ3) is 1.97. The van der Waals surface area contributed by atoms with Gasteiger partial charge in [0.25, 0.3) is 0 Å². The van der Waals surface area contributed by atoms with Crippen LogP contribution in [0.3, 0.4) is 0 Å².